The third-order valence-corrected chi connectivity index (χ3v) is 2.69. The summed E-state index contributed by atoms with van der Waals surface area (Å²) in [6.07, 6.45) is 0. The lowest BCUT2D eigenvalue weighted by molar-refractivity contribution is 0.602. The van der Waals surface area contributed by atoms with Crippen LogP contribution in [0.4, 0.5) is 0 Å². The molecule has 0 saturated carbocycles. The average molecular weight is 221 g/mol. The molecular weight excluding hydrogens is 212 g/mol. The fourth-order valence-corrected chi connectivity index (χ4v) is 1.38. The average Bonchev–Trinajstić information content (AvgIpc) is 2.03. The molecule has 0 unspecified atom stereocenters. The second-order valence-corrected chi connectivity index (χ2v) is 5.40. The first-order valence-electron chi connectivity index (χ1n) is 3.69. The van der Waals surface area contributed by atoms with E-state index in [-0.39, 0.29) is 10.9 Å². The summed E-state index contributed by atoms with van der Waals surface area (Å²) in [4.78, 5) is 0. The Morgan fingerprint density at radius 1 is 1.31 bits per heavy atom. The molecule has 0 aromatic carbocycles. The highest BCUT2D eigenvalue weighted by molar-refractivity contribution is 8.13. The van der Waals surface area contributed by atoms with Gasteiger partial charge in [-0.05, 0) is 18.1 Å². The molecule has 0 aliphatic heterocycles. The molecule has 0 N–H and O–H groups in total. The number of aromatic nitrogens is 2. The Morgan fingerprint density at radius 2 is 1.92 bits per heavy atom. The number of rotatable bonds is 2. The highest BCUT2D eigenvalue weighted by atomic mass is 35.7. The van der Waals surface area contributed by atoms with Gasteiger partial charge in [0.2, 0.25) is 0 Å². The van der Waals surface area contributed by atoms with Crippen molar-refractivity contribution in [2.45, 2.75) is 24.8 Å². The van der Waals surface area contributed by atoms with Crippen LogP contribution in [0.3, 0.4) is 0 Å². The predicted molar refractivity (Wildman–Crippen MR) is 49.2 cm³/mol. The van der Waals surface area contributed by atoms with Crippen molar-refractivity contribution in [3.63, 3.8) is 0 Å². The van der Waals surface area contributed by atoms with Crippen LogP contribution in [0.5, 0.6) is 0 Å². The second kappa shape index (κ2) is 3.59. The molecule has 0 atom stereocenters. The van der Waals surface area contributed by atoms with E-state index >= 15 is 0 Å². The van der Waals surface area contributed by atoms with Gasteiger partial charge < -0.3 is 0 Å². The minimum absolute atomic E-state index is 0.210. The van der Waals surface area contributed by atoms with Gasteiger partial charge in [0.05, 0.1) is 5.69 Å². The molecule has 0 amide bonds. The van der Waals surface area contributed by atoms with Crippen molar-refractivity contribution in [2.75, 3.05) is 0 Å². The highest BCUT2D eigenvalue weighted by Crippen LogP contribution is 2.14. The van der Waals surface area contributed by atoms with Crippen molar-refractivity contribution in [3.8, 4) is 0 Å². The Balaban J connectivity index is 3.08. The van der Waals surface area contributed by atoms with E-state index < -0.39 is 9.05 Å². The molecule has 1 rings (SSSR count). The summed E-state index contributed by atoms with van der Waals surface area (Å²) in [6.45, 7) is 3.89. The summed E-state index contributed by atoms with van der Waals surface area (Å²) in [5.74, 6) is 0.222. The highest BCUT2D eigenvalue weighted by Gasteiger charge is 2.12. The molecule has 6 heteroatoms. The lowest BCUT2D eigenvalue weighted by atomic mass is 10.1. The standard InChI is InChI=1S/C7H9ClN2O2S/c1-5(2)6-3-4-7(10-9-6)13(8,11)12/h3-5H,1-2H3. The molecule has 0 spiro atoms. The Labute approximate surface area is 81.4 Å². The van der Waals surface area contributed by atoms with Gasteiger partial charge in [0.1, 0.15) is 0 Å². The predicted octanol–water partition coefficient (Wildman–Crippen LogP) is 1.53. The lowest BCUT2D eigenvalue weighted by Crippen LogP contribution is -2.00. The molecule has 1 aromatic rings. The third-order valence-electron chi connectivity index (χ3n) is 1.50. The lowest BCUT2D eigenvalue weighted by Gasteiger charge is -2.01. The summed E-state index contributed by atoms with van der Waals surface area (Å²) in [7, 11) is 1.31. The summed E-state index contributed by atoms with van der Waals surface area (Å²) in [6, 6.07) is 2.96. The first kappa shape index (κ1) is 10.4. The molecule has 1 heterocycles. The second-order valence-electron chi connectivity index (χ2n) is 2.89. The smallest absolute Gasteiger partial charge is 0.205 e. The number of hydrogen-bond donors (Lipinski definition) is 0. The summed E-state index contributed by atoms with van der Waals surface area (Å²) in [5.41, 5.74) is 0.740. The van der Waals surface area contributed by atoms with Crippen LogP contribution in [-0.2, 0) is 9.05 Å². The largest absolute Gasteiger partial charge is 0.280 e. The first-order valence-corrected chi connectivity index (χ1v) is 6.00. The maximum absolute atomic E-state index is 10.8. The van der Waals surface area contributed by atoms with E-state index in [0.29, 0.717) is 0 Å². The van der Waals surface area contributed by atoms with Gasteiger partial charge in [0.15, 0.2) is 5.03 Å². The van der Waals surface area contributed by atoms with Crippen molar-refractivity contribution >= 4 is 19.7 Å². The molecule has 1 aromatic heterocycles. The van der Waals surface area contributed by atoms with Gasteiger partial charge in [-0.2, -0.15) is 5.10 Å². The number of halogens is 1. The van der Waals surface area contributed by atoms with E-state index in [1.807, 2.05) is 13.8 Å². The van der Waals surface area contributed by atoms with Gasteiger partial charge in [0.25, 0.3) is 9.05 Å². The number of hydrogen-bond acceptors (Lipinski definition) is 4. The van der Waals surface area contributed by atoms with Gasteiger partial charge in [-0.25, -0.2) is 8.42 Å². The topological polar surface area (TPSA) is 59.9 Å². The zero-order valence-corrected chi connectivity index (χ0v) is 8.80. The molecule has 4 nitrogen and oxygen atoms in total. The Morgan fingerprint density at radius 3 is 2.23 bits per heavy atom. The monoisotopic (exact) mass is 220 g/mol. The quantitative estimate of drug-likeness (QED) is 0.710. The van der Waals surface area contributed by atoms with Crippen molar-refractivity contribution in [2.24, 2.45) is 0 Å². The fourth-order valence-electron chi connectivity index (χ4n) is 0.768. The summed E-state index contributed by atoms with van der Waals surface area (Å²) >= 11 is 0. The Bertz CT molecular complexity index is 385. The third kappa shape index (κ3) is 2.63. The first-order chi connectivity index (χ1) is 5.91. The molecule has 0 bridgehead atoms. The minimum Gasteiger partial charge on any atom is -0.205 e. The van der Waals surface area contributed by atoms with Gasteiger partial charge in [0, 0.05) is 10.7 Å². The molecule has 0 fully saturated rings. The molecule has 0 aliphatic carbocycles. The van der Waals surface area contributed by atoms with Crippen LogP contribution in [0.25, 0.3) is 0 Å². The molecule has 0 aliphatic rings. The van der Waals surface area contributed by atoms with Crippen molar-refractivity contribution < 1.29 is 8.42 Å². The molecular formula is C7H9ClN2O2S. The van der Waals surface area contributed by atoms with Crippen LogP contribution >= 0.6 is 10.7 Å². The zero-order valence-electron chi connectivity index (χ0n) is 7.23. The van der Waals surface area contributed by atoms with Crippen LogP contribution in [0, 0.1) is 0 Å². The van der Waals surface area contributed by atoms with Gasteiger partial charge in [-0.1, -0.05) is 13.8 Å². The van der Waals surface area contributed by atoms with Crippen LogP contribution in [0.2, 0.25) is 0 Å². The Kier molecular flexibility index (Phi) is 2.87. The van der Waals surface area contributed by atoms with Gasteiger partial charge in [-0.15, -0.1) is 5.10 Å². The Hall–Kier alpha value is -0.680. The molecule has 0 radical (unpaired) electrons. The zero-order chi connectivity index (χ0) is 10.1. The number of nitrogens with zero attached hydrogens (tertiary/aromatic N) is 2. The van der Waals surface area contributed by atoms with Crippen LogP contribution < -0.4 is 0 Å². The van der Waals surface area contributed by atoms with Crippen molar-refractivity contribution in [3.05, 3.63) is 17.8 Å². The van der Waals surface area contributed by atoms with Crippen LogP contribution in [0.15, 0.2) is 17.2 Å². The normalized spacial score (nSPS) is 12.0. The van der Waals surface area contributed by atoms with E-state index in [9.17, 15) is 8.42 Å². The van der Waals surface area contributed by atoms with E-state index in [4.69, 9.17) is 10.7 Å². The van der Waals surface area contributed by atoms with Crippen molar-refractivity contribution in [1.82, 2.24) is 10.2 Å². The van der Waals surface area contributed by atoms with E-state index in [1.165, 1.54) is 6.07 Å². The summed E-state index contributed by atoms with van der Waals surface area (Å²) < 4.78 is 21.6. The summed E-state index contributed by atoms with van der Waals surface area (Å²) in [5, 5.41) is 7.02. The fraction of sp³-hybridized carbons (Fsp3) is 0.429. The maximum Gasteiger partial charge on any atom is 0.280 e. The molecule has 72 valence electrons. The van der Waals surface area contributed by atoms with Gasteiger partial charge >= 0.3 is 0 Å². The van der Waals surface area contributed by atoms with E-state index in [0.717, 1.165) is 5.69 Å². The van der Waals surface area contributed by atoms with Crippen LogP contribution in [0.1, 0.15) is 25.5 Å². The van der Waals surface area contributed by atoms with Crippen molar-refractivity contribution in [1.29, 1.82) is 0 Å². The van der Waals surface area contributed by atoms with E-state index in [2.05, 4.69) is 10.2 Å². The minimum atomic E-state index is -3.75. The molecule has 13 heavy (non-hydrogen) atoms. The maximum atomic E-state index is 10.8. The SMILES string of the molecule is CC(C)c1ccc(S(=O)(=O)Cl)nn1. The molecule has 0 saturated heterocycles. The van der Waals surface area contributed by atoms with E-state index in [1.54, 1.807) is 6.07 Å². The van der Waals surface area contributed by atoms with Crippen LogP contribution in [-0.4, -0.2) is 18.6 Å². The van der Waals surface area contributed by atoms with Gasteiger partial charge in [-0.3, -0.25) is 0 Å².